The number of nitrogens with zero attached hydrogens (tertiary/aromatic N) is 2. The maximum absolute atomic E-state index is 12.6. The molecule has 0 saturated heterocycles. The molecule has 0 spiro atoms. The molecular weight excluding hydrogens is 393 g/mol. The van der Waals surface area contributed by atoms with Crippen molar-refractivity contribution in [2.24, 2.45) is 4.99 Å². The number of ether oxygens (including phenoxy) is 2. The predicted octanol–water partition coefficient (Wildman–Crippen LogP) is 3.69. The Morgan fingerprint density at radius 3 is 2.50 bits per heavy atom. The van der Waals surface area contributed by atoms with Gasteiger partial charge in [-0.2, -0.15) is 13.2 Å². The lowest BCUT2D eigenvalue weighted by Gasteiger charge is -2.11. The highest BCUT2D eigenvalue weighted by atomic mass is 32.1. The minimum Gasteiger partial charge on any atom is -0.497 e. The minimum absolute atomic E-state index is 0.0818. The van der Waals surface area contributed by atoms with E-state index in [1.54, 1.807) is 7.11 Å². The quantitative estimate of drug-likeness (QED) is 0.371. The Labute approximate surface area is 165 Å². The lowest BCUT2D eigenvalue weighted by Crippen LogP contribution is -2.38. The minimum atomic E-state index is -4.43. The zero-order valence-corrected chi connectivity index (χ0v) is 16.5. The third kappa shape index (κ3) is 7.26. The zero-order valence-electron chi connectivity index (χ0n) is 15.7. The van der Waals surface area contributed by atoms with Crippen LogP contribution in [0, 0.1) is 0 Å². The lowest BCUT2D eigenvalue weighted by atomic mass is 10.3. The van der Waals surface area contributed by atoms with Crippen molar-refractivity contribution in [3.63, 3.8) is 0 Å². The van der Waals surface area contributed by atoms with Gasteiger partial charge in [-0.05, 0) is 37.6 Å². The van der Waals surface area contributed by atoms with Crippen molar-refractivity contribution >= 4 is 17.3 Å². The molecule has 0 fully saturated rings. The number of aromatic nitrogens is 1. The molecule has 6 nitrogen and oxygen atoms in total. The normalized spacial score (nSPS) is 12.0. The summed E-state index contributed by atoms with van der Waals surface area (Å²) in [4.78, 5) is 7.85. The van der Waals surface area contributed by atoms with Gasteiger partial charge in [0.25, 0.3) is 0 Å². The molecule has 154 valence electrons. The number of hydrogen-bond donors (Lipinski definition) is 2. The van der Waals surface area contributed by atoms with Gasteiger partial charge in [0.2, 0.25) is 0 Å². The first-order valence-electron chi connectivity index (χ1n) is 8.73. The topological polar surface area (TPSA) is 67.8 Å². The monoisotopic (exact) mass is 416 g/mol. The Balaban J connectivity index is 1.75. The summed E-state index contributed by atoms with van der Waals surface area (Å²) in [7, 11) is 1.61. The molecule has 2 rings (SSSR count). The van der Waals surface area contributed by atoms with Gasteiger partial charge >= 0.3 is 6.18 Å². The van der Waals surface area contributed by atoms with Crippen molar-refractivity contribution in [3.05, 3.63) is 40.3 Å². The molecule has 2 aromatic rings. The van der Waals surface area contributed by atoms with Crippen LogP contribution < -0.4 is 20.1 Å². The largest absolute Gasteiger partial charge is 0.497 e. The predicted molar refractivity (Wildman–Crippen MR) is 103 cm³/mol. The molecule has 0 amide bonds. The fourth-order valence-corrected chi connectivity index (χ4v) is 2.87. The standard InChI is InChI=1S/C18H23F3N4O2S/c1-3-22-17(24-11-16-25-15(12-28-16)18(19,20)21)23-9-4-10-27-14-7-5-13(26-2)6-8-14/h5-8,12H,3-4,9-11H2,1-2H3,(H2,22,23,24). The van der Waals surface area contributed by atoms with Crippen molar-refractivity contribution in [1.82, 2.24) is 15.6 Å². The van der Waals surface area contributed by atoms with Gasteiger partial charge in [0.15, 0.2) is 11.7 Å². The number of hydrogen-bond acceptors (Lipinski definition) is 5. The van der Waals surface area contributed by atoms with E-state index in [2.05, 4.69) is 20.6 Å². The summed E-state index contributed by atoms with van der Waals surface area (Å²) in [5.74, 6) is 2.05. The summed E-state index contributed by atoms with van der Waals surface area (Å²) < 4.78 is 48.5. The molecule has 28 heavy (non-hydrogen) atoms. The van der Waals surface area contributed by atoms with Crippen LogP contribution in [0.3, 0.4) is 0 Å². The molecule has 0 aliphatic carbocycles. The third-order valence-corrected chi connectivity index (χ3v) is 4.33. The molecule has 0 bridgehead atoms. The lowest BCUT2D eigenvalue weighted by molar-refractivity contribution is -0.140. The van der Waals surface area contributed by atoms with Gasteiger partial charge < -0.3 is 20.1 Å². The second-order valence-corrected chi connectivity index (χ2v) is 6.57. The molecule has 1 heterocycles. The van der Waals surface area contributed by atoms with E-state index in [0.717, 1.165) is 34.6 Å². The summed E-state index contributed by atoms with van der Waals surface area (Å²) in [5, 5.41) is 7.49. The smallest absolute Gasteiger partial charge is 0.434 e. The maximum atomic E-state index is 12.6. The molecular formula is C18H23F3N4O2S. The van der Waals surface area contributed by atoms with Crippen LogP contribution in [0.2, 0.25) is 0 Å². The van der Waals surface area contributed by atoms with Gasteiger partial charge in [0.05, 0.1) is 20.3 Å². The number of guanidine groups is 1. The zero-order chi connectivity index (χ0) is 20.4. The average molecular weight is 416 g/mol. The Hall–Kier alpha value is -2.49. The van der Waals surface area contributed by atoms with Crippen molar-refractivity contribution < 1.29 is 22.6 Å². The van der Waals surface area contributed by atoms with Gasteiger partial charge in [-0.3, -0.25) is 0 Å². The summed E-state index contributed by atoms with van der Waals surface area (Å²) >= 11 is 0.946. The van der Waals surface area contributed by atoms with Crippen LogP contribution in [0.5, 0.6) is 11.5 Å². The van der Waals surface area contributed by atoms with E-state index in [0.29, 0.717) is 30.7 Å². The SMILES string of the molecule is CCNC(=NCc1nc(C(F)(F)F)cs1)NCCCOc1ccc(OC)cc1. The molecule has 0 saturated carbocycles. The van der Waals surface area contributed by atoms with Crippen LogP contribution in [0.1, 0.15) is 24.0 Å². The highest BCUT2D eigenvalue weighted by Gasteiger charge is 2.33. The van der Waals surface area contributed by atoms with E-state index in [4.69, 9.17) is 9.47 Å². The number of aliphatic imine (C=N–C) groups is 1. The van der Waals surface area contributed by atoms with E-state index >= 15 is 0 Å². The highest BCUT2D eigenvalue weighted by Crippen LogP contribution is 2.30. The molecule has 0 atom stereocenters. The molecule has 10 heteroatoms. The Bertz CT molecular complexity index is 748. The van der Waals surface area contributed by atoms with E-state index in [1.165, 1.54) is 0 Å². The molecule has 0 radical (unpaired) electrons. The fourth-order valence-electron chi connectivity index (χ4n) is 2.14. The van der Waals surface area contributed by atoms with Gasteiger partial charge in [-0.15, -0.1) is 11.3 Å². The van der Waals surface area contributed by atoms with Gasteiger partial charge in [-0.25, -0.2) is 9.98 Å². The average Bonchev–Trinajstić information content (AvgIpc) is 3.16. The highest BCUT2D eigenvalue weighted by molar-refractivity contribution is 7.09. The summed E-state index contributed by atoms with van der Waals surface area (Å²) in [6.45, 7) is 3.75. The molecule has 2 N–H and O–H groups in total. The van der Waals surface area contributed by atoms with Crippen LogP contribution in [-0.2, 0) is 12.7 Å². The molecule has 0 unspecified atom stereocenters. The number of nitrogens with one attached hydrogen (secondary N) is 2. The van der Waals surface area contributed by atoms with Crippen molar-refractivity contribution in [2.45, 2.75) is 26.1 Å². The number of rotatable bonds is 9. The summed E-state index contributed by atoms with van der Waals surface area (Å²) in [6, 6.07) is 7.32. The van der Waals surface area contributed by atoms with Crippen LogP contribution in [0.15, 0.2) is 34.6 Å². The first kappa shape index (κ1) is 21.8. The maximum Gasteiger partial charge on any atom is 0.434 e. The van der Waals surface area contributed by atoms with E-state index in [1.807, 2.05) is 31.2 Å². The first-order valence-corrected chi connectivity index (χ1v) is 9.61. The second-order valence-electron chi connectivity index (χ2n) is 5.62. The number of methoxy groups -OCH3 is 1. The summed E-state index contributed by atoms with van der Waals surface area (Å²) in [5.41, 5.74) is -0.878. The van der Waals surface area contributed by atoms with Crippen LogP contribution in [-0.4, -0.2) is 37.7 Å². The van der Waals surface area contributed by atoms with Crippen LogP contribution >= 0.6 is 11.3 Å². The number of alkyl halides is 3. The fraction of sp³-hybridized carbons (Fsp3) is 0.444. The Morgan fingerprint density at radius 2 is 1.89 bits per heavy atom. The van der Waals surface area contributed by atoms with Crippen LogP contribution in [0.4, 0.5) is 13.2 Å². The van der Waals surface area contributed by atoms with E-state index in [9.17, 15) is 13.2 Å². The third-order valence-electron chi connectivity index (χ3n) is 3.50. The number of benzene rings is 1. The molecule has 1 aromatic heterocycles. The molecule has 0 aliphatic heterocycles. The molecule has 0 aliphatic rings. The van der Waals surface area contributed by atoms with Gasteiger partial charge in [0, 0.05) is 18.5 Å². The second kappa shape index (κ2) is 10.7. The molecule has 1 aromatic carbocycles. The summed E-state index contributed by atoms with van der Waals surface area (Å²) in [6.07, 6.45) is -3.70. The first-order chi connectivity index (χ1) is 13.4. The van der Waals surface area contributed by atoms with E-state index in [-0.39, 0.29) is 6.54 Å². The Morgan fingerprint density at radius 1 is 1.18 bits per heavy atom. The van der Waals surface area contributed by atoms with Crippen molar-refractivity contribution in [2.75, 3.05) is 26.8 Å². The van der Waals surface area contributed by atoms with Gasteiger partial charge in [0.1, 0.15) is 16.5 Å². The Kier molecular flexibility index (Phi) is 8.37. The number of halogens is 3. The number of thiazole rings is 1. The van der Waals surface area contributed by atoms with Gasteiger partial charge in [-0.1, -0.05) is 0 Å². The van der Waals surface area contributed by atoms with Crippen molar-refractivity contribution in [1.29, 1.82) is 0 Å². The van der Waals surface area contributed by atoms with E-state index < -0.39 is 11.9 Å². The van der Waals surface area contributed by atoms with Crippen molar-refractivity contribution in [3.8, 4) is 11.5 Å². The van der Waals surface area contributed by atoms with Crippen LogP contribution in [0.25, 0.3) is 0 Å².